The van der Waals surface area contributed by atoms with Crippen molar-refractivity contribution < 1.29 is 18.6 Å². The Hall–Kier alpha value is -3.49. The number of aromatic nitrogens is 3. The van der Waals surface area contributed by atoms with Crippen molar-refractivity contribution in [3.05, 3.63) is 47.8 Å². The summed E-state index contributed by atoms with van der Waals surface area (Å²) in [6, 6.07) is 4.14. The van der Waals surface area contributed by atoms with Crippen molar-refractivity contribution in [2.75, 3.05) is 18.5 Å². The van der Waals surface area contributed by atoms with Gasteiger partial charge >= 0.3 is 0 Å². The molecule has 0 aliphatic carbocycles. The Bertz CT molecular complexity index is 1360. The van der Waals surface area contributed by atoms with E-state index in [0.717, 1.165) is 6.07 Å². The van der Waals surface area contributed by atoms with Crippen LogP contribution in [0.4, 0.5) is 20.3 Å². The van der Waals surface area contributed by atoms with Gasteiger partial charge in [-0.1, -0.05) is 24.6 Å². The molecule has 1 aromatic carbocycles. The first-order chi connectivity index (χ1) is 16.6. The molecule has 1 aliphatic heterocycles. The Morgan fingerprint density at radius 1 is 1.31 bits per heavy atom. The lowest BCUT2D eigenvalue weighted by molar-refractivity contribution is 0.168. The van der Waals surface area contributed by atoms with E-state index in [-0.39, 0.29) is 47.2 Å². The number of hydrogen-bond acceptors (Lipinski definition) is 9. The molecule has 4 N–H and O–H groups in total. The zero-order chi connectivity index (χ0) is 25.4. The van der Waals surface area contributed by atoms with Crippen molar-refractivity contribution in [3.8, 4) is 18.2 Å². The number of aliphatic hydroxyl groups is 1. The fraction of sp³-hybridized carbons (Fsp3) is 0.333. The third-order valence-electron chi connectivity index (χ3n) is 6.33. The fourth-order valence-electron chi connectivity index (χ4n) is 4.10. The predicted molar refractivity (Wildman–Crippen MR) is 133 cm³/mol. The van der Waals surface area contributed by atoms with Gasteiger partial charge in [0.1, 0.15) is 5.52 Å². The molecule has 3 heterocycles. The number of aliphatic hydroxyl groups excluding tert-OH is 1. The summed E-state index contributed by atoms with van der Waals surface area (Å²) in [5, 5.41) is 13.2. The van der Waals surface area contributed by atoms with Crippen LogP contribution in [0.1, 0.15) is 26.3 Å². The van der Waals surface area contributed by atoms with Crippen molar-refractivity contribution in [2.45, 2.75) is 31.1 Å². The van der Waals surface area contributed by atoms with Gasteiger partial charge in [-0.05, 0) is 26.0 Å². The van der Waals surface area contributed by atoms with Crippen LogP contribution in [0.25, 0.3) is 11.0 Å². The standard InChI is InChI=1S/C24H24F2N6O2S/c1-5-8-34-18-11-29-20-17(31-18)6-7-28-21(20)30-14-9-15(19(26)16(25)10-14)24(4)13(2)23(3,12-33)35-22(27)32-24/h1,6-7,9-11,13,33H,8,12H2,2-4H3,(H2,27,32)(H,28,30)/t13-,23-,24+/m1/s1. The Kier molecular flexibility index (Phi) is 6.53. The summed E-state index contributed by atoms with van der Waals surface area (Å²) < 4.78 is 34.5. The Morgan fingerprint density at radius 3 is 2.80 bits per heavy atom. The number of amidine groups is 1. The number of nitrogens with zero attached hydrogens (tertiary/aromatic N) is 4. The van der Waals surface area contributed by atoms with E-state index in [4.69, 9.17) is 16.9 Å². The summed E-state index contributed by atoms with van der Waals surface area (Å²) >= 11 is 1.22. The van der Waals surface area contributed by atoms with Crippen molar-refractivity contribution in [1.29, 1.82) is 0 Å². The maximum Gasteiger partial charge on any atom is 0.233 e. The smallest absolute Gasteiger partial charge is 0.233 e. The van der Waals surface area contributed by atoms with Crippen molar-refractivity contribution in [3.63, 3.8) is 0 Å². The average Bonchev–Trinajstić information content (AvgIpc) is 2.83. The number of anilines is 2. The summed E-state index contributed by atoms with van der Waals surface area (Å²) in [5.74, 6) is 0.415. The zero-order valence-corrected chi connectivity index (χ0v) is 20.2. The molecule has 0 amide bonds. The van der Waals surface area contributed by atoms with Gasteiger partial charge in [-0.15, -0.1) is 6.42 Å². The highest BCUT2D eigenvalue weighted by atomic mass is 32.2. The highest BCUT2D eigenvalue weighted by Crippen LogP contribution is 2.50. The Morgan fingerprint density at radius 2 is 2.09 bits per heavy atom. The minimum Gasteiger partial charge on any atom is -0.463 e. The number of rotatable bonds is 6. The van der Waals surface area contributed by atoms with Crippen LogP contribution in [-0.2, 0) is 5.54 Å². The van der Waals surface area contributed by atoms with Crippen LogP contribution in [0.2, 0.25) is 0 Å². The van der Waals surface area contributed by atoms with Gasteiger partial charge in [-0.3, -0.25) is 4.99 Å². The third kappa shape index (κ3) is 4.47. The molecule has 3 aromatic rings. The second-order valence-corrected chi connectivity index (χ2v) is 10.1. The van der Waals surface area contributed by atoms with Crippen LogP contribution in [0.3, 0.4) is 0 Å². The Balaban J connectivity index is 1.76. The average molecular weight is 499 g/mol. The molecule has 0 saturated carbocycles. The number of hydrogen-bond donors (Lipinski definition) is 3. The lowest BCUT2D eigenvalue weighted by Crippen LogP contribution is -2.50. The molecule has 0 saturated heterocycles. The molecule has 2 aromatic heterocycles. The summed E-state index contributed by atoms with van der Waals surface area (Å²) in [4.78, 5) is 17.4. The molecule has 0 spiro atoms. The number of nitrogens with two attached hydrogens (primary N) is 1. The molecule has 8 nitrogen and oxygen atoms in total. The minimum absolute atomic E-state index is 0.00622. The summed E-state index contributed by atoms with van der Waals surface area (Å²) in [6.45, 7) is 5.17. The normalized spacial score (nSPS) is 24.0. The molecule has 35 heavy (non-hydrogen) atoms. The first-order valence-electron chi connectivity index (χ1n) is 10.7. The molecule has 4 rings (SSSR count). The minimum atomic E-state index is -1.23. The van der Waals surface area contributed by atoms with E-state index in [9.17, 15) is 9.50 Å². The highest BCUT2D eigenvalue weighted by Gasteiger charge is 2.50. The van der Waals surface area contributed by atoms with Gasteiger partial charge in [-0.2, -0.15) is 0 Å². The molecule has 0 radical (unpaired) electrons. The maximum absolute atomic E-state index is 15.2. The van der Waals surface area contributed by atoms with Crippen LogP contribution >= 0.6 is 11.8 Å². The van der Waals surface area contributed by atoms with E-state index in [2.05, 4.69) is 31.2 Å². The maximum atomic E-state index is 15.2. The SMILES string of the molecule is C#CCOc1cnc2c(Nc3cc(F)c(F)c([C@@]4(C)N=C(N)S[C@](C)(CO)[C@H]4C)c3)nccc2n1. The first-order valence-corrected chi connectivity index (χ1v) is 11.5. The monoisotopic (exact) mass is 498 g/mol. The zero-order valence-electron chi connectivity index (χ0n) is 19.3. The van der Waals surface area contributed by atoms with E-state index in [0.29, 0.717) is 11.0 Å². The van der Waals surface area contributed by atoms with Gasteiger partial charge in [0.2, 0.25) is 5.88 Å². The number of aliphatic imine (C=N–C) groups is 1. The number of thioether (sulfide) groups is 1. The quantitative estimate of drug-likeness (QED) is 0.440. The summed E-state index contributed by atoms with van der Waals surface area (Å²) in [5.41, 5.74) is 5.92. The van der Waals surface area contributed by atoms with E-state index in [1.807, 2.05) is 13.8 Å². The van der Waals surface area contributed by atoms with Gasteiger partial charge in [0.15, 0.2) is 29.2 Å². The molecule has 3 atom stereocenters. The second kappa shape index (κ2) is 9.28. The van der Waals surface area contributed by atoms with Crippen LogP contribution in [-0.4, -0.2) is 43.2 Å². The molecular formula is C24H24F2N6O2S. The molecule has 182 valence electrons. The second-order valence-electron chi connectivity index (χ2n) is 8.57. The number of pyridine rings is 1. The Labute approximate surface area is 205 Å². The number of benzene rings is 1. The molecular weight excluding hydrogens is 474 g/mol. The molecule has 0 fully saturated rings. The predicted octanol–water partition coefficient (Wildman–Crippen LogP) is 3.72. The van der Waals surface area contributed by atoms with Crippen molar-refractivity contribution >= 4 is 39.5 Å². The molecule has 0 bridgehead atoms. The van der Waals surface area contributed by atoms with Gasteiger partial charge in [0.05, 0.1) is 23.9 Å². The fourth-order valence-corrected chi connectivity index (χ4v) is 5.29. The molecule has 0 unspecified atom stereocenters. The van der Waals surface area contributed by atoms with E-state index < -0.39 is 21.9 Å². The van der Waals surface area contributed by atoms with Gasteiger partial charge < -0.3 is 20.9 Å². The number of ether oxygens (including phenoxy) is 1. The number of halogens is 2. The highest BCUT2D eigenvalue weighted by molar-refractivity contribution is 8.15. The van der Waals surface area contributed by atoms with E-state index in [1.165, 1.54) is 30.2 Å². The number of terminal acetylenes is 1. The lowest BCUT2D eigenvalue weighted by Gasteiger charge is -2.46. The summed E-state index contributed by atoms with van der Waals surface area (Å²) in [7, 11) is 0. The van der Waals surface area contributed by atoms with E-state index in [1.54, 1.807) is 13.0 Å². The van der Waals surface area contributed by atoms with Crippen molar-refractivity contribution in [1.82, 2.24) is 15.0 Å². The third-order valence-corrected chi connectivity index (χ3v) is 7.58. The van der Waals surface area contributed by atoms with Gasteiger partial charge in [-0.25, -0.2) is 23.7 Å². The van der Waals surface area contributed by atoms with E-state index >= 15 is 4.39 Å². The molecule has 1 aliphatic rings. The number of nitrogens with one attached hydrogen (secondary N) is 1. The van der Waals surface area contributed by atoms with Crippen LogP contribution in [0.15, 0.2) is 35.6 Å². The topological polar surface area (TPSA) is 119 Å². The van der Waals surface area contributed by atoms with Gasteiger partial charge in [0, 0.05) is 34.2 Å². The van der Waals surface area contributed by atoms with Gasteiger partial charge in [0.25, 0.3) is 0 Å². The largest absolute Gasteiger partial charge is 0.463 e. The van der Waals surface area contributed by atoms with Crippen molar-refractivity contribution in [2.24, 2.45) is 16.6 Å². The number of fused-ring (bicyclic) bond motifs is 1. The first kappa shape index (κ1) is 24.6. The summed E-state index contributed by atoms with van der Waals surface area (Å²) in [6.07, 6.45) is 8.11. The van der Waals surface area contributed by atoms with Crippen LogP contribution in [0.5, 0.6) is 5.88 Å². The lowest BCUT2D eigenvalue weighted by atomic mass is 9.74. The van der Waals surface area contributed by atoms with Crippen LogP contribution < -0.4 is 15.8 Å². The van der Waals surface area contributed by atoms with Crippen LogP contribution in [0, 0.1) is 29.9 Å². The molecule has 11 heteroatoms.